The largest absolute Gasteiger partial charge is 0.506 e. The van der Waals surface area contributed by atoms with E-state index in [9.17, 15) is 5.11 Å². The molecule has 1 N–H and O–H groups in total. The van der Waals surface area contributed by atoms with Crippen molar-refractivity contribution in [3.63, 3.8) is 0 Å². The molecule has 1 unspecified atom stereocenters. The van der Waals surface area contributed by atoms with E-state index >= 15 is 0 Å². The number of rotatable bonds is 6. The van der Waals surface area contributed by atoms with Gasteiger partial charge in [0, 0.05) is 11.5 Å². The molecule has 1 atom stereocenters. The van der Waals surface area contributed by atoms with E-state index in [2.05, 4.69) is 58.4 Å². The molecule has 1 aliphatic rings. The maximum Gasteiger partial charge on any atom is 0.148 e. The molecule has 126 valence electrons. The van der Waals surface area contributed by atoms with Crippen LogP contribution in [0.2, 0.25) is 0 Å². The molecule has 2 nitrogen and oxygen atoms in total. The fourth-order valence-electron chi connectivity index (χ4n) is 3.17. The molecule has 0 heterocycles. The first-order valence-electron chi connectivity index (χ1n) is 8.18. The van der Waals surface area contributed by atoms with Gasteiger partial charge >= 0.3 is 0 Å². The van der Waals surface area contributed by atoms with Crippen molar-refractivity contribution in [2.75, 3.05) is 0 Å². The molecule has 0 aromatic heterocycles. The van der Waals surface area contributed by atoms with Crippen molar-refractivity contribution in [2.24, 2.45) is 0 Å². The maximum atomic E-state index is 10.8. The topological polar surface area (TPSA) is 29.5 Å². The quantitative estimate of drug-likeness (QED) is 0.378. The average molecular weight is 444 g/mol. The van der Waals surface area contributed by atoms with E-state index in [1.165, 1.54) is 11.8 Å². The van der Waals surface area contributed by atoms with E-state index in [1.54, 1.807) is 0 Å². The van der Waals surface area contributed by atoms with Crippen LogP contribution >= 0.6 is 31.9 Å². The second-order valence-electron chi connectivity index (χ2n) is 6.10. The van der Waals surface area contributed by atoms with E-state index in [4.69, 9.17) is 4.74 Å². The molecular formula is C19H24Br2O2. The zero-order valence-corrected chi connectivity index (χ0v) is 17.0. The predicted octanol–water partition coefficient (Wildman–Crippen LogP) is 7.00. The maximum absolute atomic E-state index is 10.8. The van der Waals surface area contributed by atoms with E-state index in [0.29, 0.717) is 11.5 Å². The van der Waals surface area contributed by atoms with Gasteiger partial charge in [0.15, 0.2) is 0 Å². The molecular weight excluding hydrogens is 420 g/mol. The van der Waals surface area contributed by atoms with Gasteiger partial charge in [0.25, 0.3) is 0 Å². The van der Waals surface area contributed by atoms with Crippen LogP contribution in [0.15, 0.2) is 33.4 Å². The van der Waals surface area contributed by atoms with Crippen molar-refractivity contribution < 1.29 is 9.84 Å². The van der Waals surface area contributed by atoms with Gasteiger partial charge in [0.2, 0.25) is 0 Å². The van der Waals surface area contributed by atoms with Gasteiger partial charge in [-0.25, -0.2) is 0 Å². The number of unbranched alkanes of at least 4 members (excludes halogenated alkanes) is 1. The molecule has 1 aromatic rings. The van der Waals surface area contributed by atoms with Crippen molar-refractivity contribution in [1.82, 2.24) is 0 Å². The highest BCUT2D eigenvalue weighted by Crippen LogP contribution is 2.50. The van der Waals surface area contributed by atoms with Crippen LogP contribution in [0.25, 0.3) is 0 Å². The predicted molar refractivity (Wildman–Crippen MR) is 103 cm³/mol. The van der Waals surface area contributed by atoms with Crippen LogP contribution in [0.3, 0.4) is 0 Å². The monoisotopic (exact) mass is 442 g/mol. The van der Waals surface area contributed by atoms with Gasteiger partial charge < -0.3 is 9.84 Å². The van der Waals surface area contributed by atoms with E-state index in [-0.39, 0.29) is 5.92 Å². The number of hydrogen-bond donors (Lipinski definition) is 1. The molecule has 4 heteroatoms. The summed E-state index contributed by atoms with van der Waals surface area (Å²) in [4.78, 5) is 0. The van der Waals surface area contributed by atoms with Crippen molar-refractivity contribution >= 4 is 31.9 Å². The third-order valence-electron chi connectivity index (χ3n) is 4.36. The Bertz CT molecular complexity index is 621. The summed E-state index contributed by atoms with van der Waals surface area (Å²) >= 11 is 7.29. The van der Waals surface area contributed by atoms with Crippen LogP contribution in [0.1, 0.15) is 63.0 Å². The number of hydrogen-bond acceptors (Lipinski definition) is 2. The Morgan fingerprint density at radius 3 is 2.74 bits per heavy atom. The molecule has 0 saturated carbocycles. The van der Waals surface area contributed by atoms with E-state index < -0.39 is 0 Å². The van der Waals surface area contributed by atoms with Crippen molar-refractivity contribution in [1.29, 1.82) is 0 Å². The third-order valence-corrected chi connectivity index (χ3v) is 6.05. The lowest BCUT2D eigenvalue weighted by Gasteiger charge is -2.25. The van der Waals surface area contributed by atoms with Crippen LogP contribution in [-0.4, -0.2) is 5.11 Å². The van der Waals surface area contributed by atoms with Crippen molar-refractivity contribution in [2.45, 2.75) is 58.3 Å². The summed E-state index contributed by atoms with van der Waals surface area (Å²) in [5.74, 6) is 1.17. The minimum atomic E-state index is 0.173. The number of allylic oxidation sites excluding steroid dienone is 2. The molecule has 0 spiro atoms. The number of benzene rings is 1. The minimum absolute atomic E-state index is 0.173. The lowest BCUT2D eigenvalue weighted by molar-refractivity contribution is 0.428. The first-order chi connectivity index (χ1) is 11.0. The summed E-state index contributed by atoms with van der Waals surface area (Å²) in [7, 11) is 0. The number of phenols is 1. The zero-order chi connectivity index (χ0) is 17.0. The SMILES string of the molecule is C=COc1c(Br)c(CCCC)c(Br)c(O)c1C1C=C(C)CCC1. The first-order valence-corrected chi connectivity index (χ1v) is 9.77. The lowest BCUT2D eigenvalue weighted by Crippen LogP contribution is -2.07. The Kier molecular flexibility index (Phi) is 6.78. The normalized spacial score (nSPS) is 17.7. The van der Waals surface area contributed by atoms with Gasteiger partial charge in [-0.15, -0.1) is 0 Å². The van der Waals surface area contributed by atoms with Gasteiger partial charge in [-0.1, -0.05) is 31.6 Å². The highest BCUT2D eigenvalue weighted by atomic mass is 79.9. The Morgan fingerprint density at radius 2 is 2.13 bits per heavy atom. The Balaban J connectivity index is 2.60. The second kappa shape index (κ2) is 8.39. The fraction of sp³-hybridized carbons (Fsp3) is 0.474. The number of phenolic OH excluding ortho intramolecular Hbond substituents is 1. The van der Waals surface area contributed by atoms with Crippen LogP contribution in [-0.2, 0) is 6.42 Å². The van der Waals surface area contributed by atoms with Crippen LogP contribution in [0, 0.1) is 0 Å². The molecule has 0 amide bonds. The zero-order valence-electron chi connectivity index (χ0n) is 13.8. The molecule has 0 fully saturated rings. The number of halogens is 2. The summed E-state index contributed by atoms with van der Waals surface area (Å²) < 4.78 is 7.42. The van der Waals surface area contributed by atoms with E-state index in [0.717, 1.165) is 58.6 Å². The number of ether oxygens (including phenoxy) is 1. The average Bonchev–Trinajstić information content (AvgIpc) is 2.53. The van der Waals surface area contributed by atoms with E-state index in [1.807, 2.05) is 0 Å². The Hall–Kier alpha value is -0.740. The minimum Gasteiger partial charge on any atom is -0.506 e. The number of aromatic hydroxyl groups is 1. The van der Waals surface area contributed by atoms with Gasteiger partial charge in [0.05, 0.1) is 15.2 Å². The smallest absolute Gasteiger partial charge is 0.148 e. The molecule has 23 heavy (non-hydrogen) atoms. The van der Waals surface area contributed by atoms with Gasteiger partial charge in [0.1, 0.15) is 11.5 Å². The van der Waals surface area contributed by atoms with Gasteiger partial charge in [-0.2, -0.15) is 0 Å². The summed E-state index contributed by atoms with van der Waals surface area (Å²) in [6.07, 6.45) is 10.0. The van der Waals surface area contributed by atoms with Gasteiger partial charge in [-0.05, 0) is 76.5 Å². The van der Waals surface area contributed by atoms with Crippen LogP contribution in [0.4, 0.5) is 0 Å². The van der Waals surface area contributed by atoms with Crippen molar-refractivity contribution in [3.8, 4) is 11.5 Å². The summed E-state index contributed by atoms with van der Waals surface area (Å²) in [6.45, 7) is 8.00. The first kappa shape index (κ1) is 18.6. The van der Waals surface area contributed by atoms with Gasteiger partial charge in [-0.3, -0.25) is 0 Å². The third kappa shape index (κ3) is 4.03. The molecule has 0 radical (unpaired) electrons. The molecule has 2 rings (SSSR count). The fourth-order valence-corrected chi connectivity index (χ4v) is 4.75. The molecule has 1 aromatic carbocycles. The molecule has 0 saturated heterocycles. The molecule has 0 aliphatic heterocycles. The standard InChI is InChI=1S/C19H24Br2O2/c1-4-6-10-14-16(20)18(22)15(19(17(14)21)23-5-2)13-9-7-8-12(3)11-13/h5,11,13,22H,2,4,6-10H2,1,3H3. The van der Waals surface area contributed by atoms with Crippen molar-refractivity contribution in [3.05, 3.63) is 44.6 Å². The molecule has 0 bridgehead atoms. The van der Waals surface area contributed by atoms with Crippen LogP contribution in [0.5, 0.6) is 11.5 Å². The Labute approximate surface area is 155 Å². The second-order valence-corrected chi connectivity index (χ2v) is 7.68. The van der Waals surface area contributed by atoms with Crippen LogP contribution < -0.4 is 4.74 Å². The summed E-state index contributed by atoms with van der Waals surface area (Å²) in [5.41, 5.74) is 3.27. The molecule has 1 aliphatic carbocycles. The summed E-state index contributed by atoms with van der Waals surface area (Å²) in [5, 5.41) is 10.8. The lowest BCUT2D eigenvalue weighted by atomic mass is 9.84. The highest BCUT2D eigenvalue weighted by molar-refractivity contribution is 9.11. The Morgan fingerprint density at radius 1 is 1.39 bits per heavy atom. The summed E-state index contributed by atoms with van der Waals surface area (Å²) in [6, 6.07) is 0. The highest BCUT2D eigenvalue weighted by Gasteiger charge is 2.27.